The Kier molecular flexibility index (Phi) is 8.40. The van der Waals surface area contributed by atoms with E-state index in [-0.39, 0.29) is 0 Å². The Balaban J connectivity index is 2.55. The van der Waals surface area contributed by atoms with Crippen LogP contribution < -0.4 is 10.2 Å². The van der Waals surface area contributed by atoms with E-state index in [0.29, 0.717) is 6.04 Å². The SMILES string of the molecule is CCCNC(CC)c1ccc(N(C)CCCN(C)C)cc1. The lowest BCUT2D eigenvalue weighted by Crippen LogP contribution is -2.24. The lowest BCUT2D eigenvalue weighted by molar-refractivity contribution is 0.401. The lowest BCUT2D eigenvalue weighted by atomic mass is 10.0. The molecule has 0 bridgehead atoms. The molecule has 3 nitrogen and oxygen atoms in total. The largest absolute Gasteiger partial charge is 0.375 e. The molecule has 21 heavy (non-hydrogen) atoms. The molecule has 1 aromatic carbocycles. The molecule has 0 amide bonds. The van der Waals surface area contributed by atoms with Gasteiger partial charge in [-0.3, -0.25) is 0 Å². The van der Waals surface area contributed by atoms with Gasteiger partial charge in [-0.1, -0.05) is 26.0 Å². The molecule has 0 saturated carbocycles. The van der Waals surface area contributed by atoms with Gasteiger partial charge in [0.25, 0.3) is 0 Å². The van der Waals surface area contributed by atoms with Crippen LogP contribution in [0.25, 0.3) is 0 Å². The van der Waals surface area contributed by atoms with Gasteiger partial charge in [0.2, 0.25) is 0 Å². The van der Waals surface area contributed by atoms with Crippen LogP contribution in [0.1, 0.15) is 44.7 Å². The number of nitrogens with zero attached hydrogens (tertiary/aromatic N) is 2. The van der Waals surface area contributed by atoms with Crippen molar-refractivity contribution in [3.05, 3.63) is 29.8 Å². The summed E-state index contributed by atoms with van der Waals surface area (Å²) in [5, 5.41) is 3.61. The molecule has 1 atom stereocenters. The highest BCUT2D eigenvalue weighted by Crippen LogP contribution is 2.20. The summed E-state index contributed by atoms with van der Waals surface area (Å²) in [4.78, 5) is 4.58. The smallest absolute Gasteiger partial charge is 0.0363 e. The van der Waals surface area contributed by atoms with Crippen LogP contribution in [-0.4, -0.2) is 45.7 Å². The summed E-state index contributed by atoms with van der Waals surface area (Å²) >= 11 is 0. The van der Waals surface area contributed by atoms with E-state index in [4.69, 9.17) is 0 Å². The van der Waals surface area contributed by atoms with Crippen LogP contribution in [0.15, 0.2) is 24.3 Å². The van der Waals surface area contributed by atoms with Crippen molar-refractivity contribution >= 4 is 5.69 Å². The van der Waals surface area contributed by atoms with E-state index >= 15 is 0 Å². The van der Waals surface area contributed by atoms with Gasteiger partial charge in [-0.05, 0) is 64.1 Å². The second kappa shape index (κ2) is 9.80. The van der Waals surface area contributed by atoms with Crippen molar-refractivity contribution < 1.29 is 0 Å². The van der Waals surface area contributed by atoms with Crippen molar-refractivity contribution in [1.29, 1.82) is 0 Å². The van der Waals surface area contributed by atoms with Crippen LogP contribution in [0.4, 0.5) is 5.69 Å². The fourth-order valence-corrected chi connectivity index (χ4v) is 2.53. The number of nitrogens with one attached hydrogen (secondary N) is 1. The zero-order valence-corrected chi connectivity index (χ0v) is 14.5. The second-order valence-electron chi connectivity index (χ2n) is 6.08. The van der Waals surface area contributed by atoms with Crippen LogP contribution in [0.2, 0.25) is 0 Å². The number of benzene rings is 1. The Morgan fingerprint density at radius 1 is 1.00 bits per heavy atom. The highest BCUT2D eigenvalue weighted by Gasteiger charge is 2.08. The molecule has 0 aliphatic rings. The van der Waals surface area contributed by atoms with E-state index < -0.39 is 0 Å². The first kappa shape index (κ1) is 18.0. The van der Waals surface area contributed by atoms with E-state index in [1.165, 1.54) is 24.1 Å². The summed E-state index contributed by atoms with van der Waals surface area (Å²) in [6.07, 6.45) is 3.52. The van der Waals surface area contributed by atoms with Crippen molar-refractivity contribution in [2.24, 2.45) is 0 Å². The molecule has 0 fully saturated rings. The quantitative estimate of drug-likeness (QED) is 0.711. The highest BCUT2D eigenvalue weighted by molar-refractivity contribution is 5.47. The predicted octanol–water partition coefficient (Wildman–Crippen LogP) is 3.53. The van der Waals surface area contributed by atoms with Crippen LogP contribution in [-0.2, 0) is 0 Å². The highest BCUT2D eigenvalue weighted by atomic mass is 15.1. The van der Waals surface area contributed by atoms with Gasteiger partial charge in [0.05, 0.1) is 0 Å². The zero-order chi connectivity index (χ0) is 15.7. The molecule has 0 aromatic heterocycles. The first-order valence-corrected chi connectivity index (χ1v) is 8.27. The number of rotatable bonds is 10. The molecular formula is C18H33N3. The lowest BCUT2D eigenvalue weighted by Gasteiger charge is -2.22. The van der Waals surface area contributed by atoms with Crippen molar-refractivity contribution in [3.8, 4) is 0 Å². The van der Waals surface area contributed by atoms with E-state index in [9.17, 15) is 0 Å². The molecule has 0 aliphatic carbocycles. The molecule has 120 valence electrons. The molecule has 0 aliphatic heterocycles. The van der Waals surface area contributed by atoms with E-state index in [1.54, 1.807) is 0 Å². The predicted molar refractivity (Wildman–Crippen MR) is 94.2 cm³/mol. The third-order valence-corrected chi connectivity index (χ3v) is 3.88. The number of hydrogen-bond acceptors (Lipinski definition) is 3. The molecule has 1 N–H and O–H groups in total. The summed E-state index contributed by atoms with van der Waals surface area (Å²) in [6.45, 7) is 7.79. The van der Waals surface area contributed by atoms with E-state index in [0.717, 1.165) is 26.1 Å². The standard InChI is InChI=1S/C18H33N3/c1-6-13-19-18(7-2)16-9-11-17(12-10-16)21(5)15-8-14-20(3)4/h9-12,18-19H,6-8,13-15H2,1-5H3. The third-order valence-electron chi connectivity index (χ3n) is 3.88. The van der Waals surface area contributed by atoms with E-state index in [2.05, 4.69) is 74.4 Å². The Labute approximate surface area is 131 Å². The Morgan fingerprint density at radius 2 is 1.67 bits per heavy atom. The third kappa shape index (κ3) is 6.49. The van der Waals surface area contributed by atoms with Crippen molar-refractivity contribution in [1.82, 2.24) is 10.2 Å². The van der Waals surface area contributed by atoms with Crippen molar-refractivity contribution in [2.75, 3.05) is 45.7 Å². The van der Waals surface area contributed by atoms with Crippen molar-refractivity contribution in [2.45, 2.75) is 39.2 Å². The first-order valence-electron chi connectivity index (χ1n) is 8.27. The molecule has 1 unspecified atom stereocenters. The molecule has 1 rings (SSSR count). The maximum atomic E-state index is 3.61. The molecule has 3 heteroatoms. The van der Waals surface area contributed by atoms with Crippen LogP contribution in [0, 0.1) is 0 Å². The fourth-order valence-electron chi connectivity index (χ4n) is 2.53. The van der Waals surface area contributed by atoms with Crippen LogP contribution >= 0.6 is 0 Å². The van der Waals surface area contributed by atoms with Gasteiger partial charge in [0.1, 0.15) is 0 Å². The topological polar surface area (TPSA) is 18.5 Å². The van der Waals surface area contributed by atoms with Crippen molar-refractivity contribution in [3.63, 3.8) is 0 Å². The summed E-state index contributed by atoms with van der Waals surface area (Å²) in [6, 6.07) is 9.53. The van der Waals surface area contributed by atoms with Gasteiger partial charge in [0.15, 0.2) is 0 Å². The van der Waals surface area contributed by atoms with Gasteiger partial charge < -0.3 is 15.1 Å². The van der Waals surface area contributed by atoms with Gasteiger partial charge in [0, 0.05) is 25.3 Å². The molecule has 0 saturated heterocycles. The molecule has 1 aromatic rings. The number of anilines is 1. The molecule has 0 radical (unpaired) electrons. The fraction of sp³-hybridized carbons (Fsp3) is 0.667. The monoisotopic (exact) mass is 291 g/mol. The molecule has 0 heterocycles. The molecule has 0 spiro atoms. The maximum absolute atomic E-state index is 3.61. The average molecular weight is 291 g/mol. The Morgan fingerprint density at radius 3 is 2.19 bits per heavy atom. The average Bonchev–Trinajstić information content (AvgIpc) is 2.48. The summed E-state index contributed by atoms with van der Waals surface area (Å²) in [5.74, 6) is 0. The zero-order valence-electron chi connectivity index (χ0n) is 14.5. The minimum atomic E-state index is 0.484. The normalized spacial score (nSPS) is 12.7. The summed E-state index contributed by atoms with van der Waals surface area (Å²) < 4.78 is 0. The Bertz CT molecular complexity index is 373. The number of hydrogen-bond donors (Lipinski definition) is 1. The minimum Gasteiger partial charge on any atom is -0.375 e. The van der Waals surface area contributed by atoms with Crippen LogP contribution in [0.5, 0.6) is 0 Å². The van der Waals surface area contributed by atoms with Gasteiger partial charge in [-0.15, -0.1) is 0 Å². The maximum Gasteiger partial charge on any atom is 0.0363 e. The summed E-state index contributed by atoms with van der Waals surface area (Å²) in [7, 11) is 6.43. The second-order valence-corrected chi connectivity index (χ2v) is 6.08. The summed E-state index contributed by atoms with van der Waals surface area (Å²) in [5.41, 5.74) is 2.71. The van der Waals surface area contributed by atoms with Gasteiger partial charge >= 0.3 is 0 Å². The minimum absolute atomic E-state index is 0.484. The van der Waals surface area contributed by atoms with Gasteiger partial charge in [-0.25, -0.2) is 0 Å². The van der Waals surface area contributed by atoms with Crippen LogP contribution in [0.3, 0.4) is 0 Å². The van der Waals surface area contributed by atoms with E-state index in [1.807, 2.05) is 0 Å². The first-order chi connectivity index (χ1) is 10.1. The molecular weight excluding hydrogens is 258 g/mol. The Hall–Kier alpha value is -1.06. The van der Waals surface area contributed by atoms with Gasteiger partial charge in [-0.2, -0.15) is 0 Å².